The third-order valence-corrected chi connectivity index (χ3v) is 4.09. The van der Waals surface area contributed by atoms with Crippen LogP contribution in [-0.4, -0.2) is 15.5 Å². The average molecular weight is 315 g/mol. The number of nitrogens with zero attached hydrogens (tertiary/aromatic N) is 2. The van der Waals surface area contributed by atoms with E-state index in [1.54, 1.807) is 0 Å². The van der Waals surface area contributed by atoms with Crippen molar-refractivity contribution in [1.29, 1.82) is 0 Å². The molecular formula is C19H29N3O. The van der Waals surface area contributed by atoms with Crippen LogP contribution in [0.1, 0.15) is 65.7 Å². The lowest BCUT2D eigenvalue weighted by molar-refractivity contribution is -0.129. The Morgan fingerprint density at radius 2 is 1.96 bits per heavy atom. The van der Waals surface area contributed by atoms with Crippen LogP contribution < -0.4 is 5.32 Å². The molecule has 0 aliphatic heterocycles. The molecule has 1 amide bonds. The van der Waals surface area contributed by atoms with E-state index < -0.39 is 5.41 Å². The summed E-state index contributed by atoms with van der Waals surface area (Å²) in [6, 6.07) is 8.09. The predicted molar refractivity (Wildman–Crippen MR) is 95.3 cm³/mol. The molecule has 1 N–H and O–H groups in total. The number of hydrogen-bond acceptors (Lipinski definition) is 2. The van der Waals surface area contributed by atoms with Gasteiger partial charge in [0.25, 0.3) is 0 Å². The molecule has 0 aliphatic rings. The molecule has 0 fully saturated rings. The fourth-order valence-corrected chi connectivity index (χ4v) is 2.66. The molecule has 126 valence electrons. The first kappa shape index (κ1) is 17.5. The number of unbranched alkanes of at least 4 members (excludes halogenated alkanes) is 2. The number of benzene rings is 1. The molecule has 0 spiro atoms. The summed E-state index contributed by atoms with van der Waals surface area (Å²) in [7, 11) is 0. The fourth-order valence-electron chi connectivity index (χ4n) is 2.66. The van der Waals surface area contributed by atoms with Gasteiger partial charge < -0.3 is 9.88 Å². The van der Waals surface area contributed by atoms with Gasteiger partial charge in [-0.1, -0.05) is 52.7 Å². The number of imidazole rings is 1. The van der Waals surface area contributed by atoms with E-state index >= 15 is 0 Å². The minimum atomic E-state index is -0.396. The Balaban J connectivity index is 2.30. The van der Waals surface area contributed by atoms with Crippen LogP contribution in [-0.2, 0) is 11.3 Å². The van der Waals surface area contributed by atoms with Crippen molar-refractivity contribution in [2.45, 2.75) is 66.5 Å². The molecule has 2 aromatic rings. The number of fused-ring (bicyclic) bond motifs is 1. The lowest BCUT2D eigenvalue weighted by Gasteiger charge is -2.22. The topological polar surface area (TPSA) is 46.9 Å². The molecule has 0 aliphatic carbocycles. The fraction of sp³-hybridized carbons (Fsp3) is 0.579. The molecule has 1 aromatic heterocycles. The average Bonchev–Trinajstić information content (AvgIpc) is 2.85. The van der Waals surface area contributed by atoms with Crippen LogP contribution in [0, 0.1) is 5.41 Å². The first-order valence-corrected chi connectivity index (χ1v) is 8.60. The highest BCUT2D eigenvalue weighted by Gasteiger charge is 2.25. The zero-order valence-corrected chi connectivity index (χ0v) is 15.0. The van der Waals surface area contributed by atoms with Crippen LogP contribution in [0.3, 0.4) is 0 Å². The van der Waals surface area contributed by atoms with Crippen molar-refractivity contribution in [3.8, 4) is 0 Å². The van der Waals surface area contributed by atoms with Gasteiger partial charge in [0.2, 0.25) is 5.91 Å². The number of aryl methyl sites for hydroxylation is 1. The number of aromatic nitrogens is 2. The Bertz CT molecular complexity index is 667. The largest absolute Gasteiger partial charge is 0.346 e. The Morgan fingerprint density at radius 3 is 2.61 bits per heavy atom. The molecule has 0 saturated carbocycles. The van der Waals surface area contributed by atoms with Gasteiger partial charge in [0.15, 0.2) is 0 Å². The second-order valence-corrected chi connectivity index (χ2v) is 7.26. The highest BCUT2D eigenvalue weighted by molar-refractivity contribution is 5.82. The highest BCUT2D eigenvalue weighted by atomic mass is 16.2. The summed E-state index contributed by atoms with van der Waals surface area (Å²) in [5, 5.41) is 3.11. The van der Waals surface area contributed by atoms with Crippen molar-refractivity contribution in [2.75, 3.05) is 0 Å². The van der Waals surface area contributed by atoms with Gasteiger partial charge in [0.05, 0.1) is 17.1 Å². The summed E-state index contributed by atoms with van der Waals surface area (Å²) in [5.41, 5.74) is 1.75. The molecule has 0 saturated heterocycles. The number of para-hydroxylation sites is 2. The first-order valence-electron chi connectivity index (χ1n) is 8.60. The van der Waals surface area contributed by atoms with Crippen molar-refractivity contribution in [2.24, 2.45) is 5.41 Å². The smallest absolute Gasteiger partial charge is 0.225 e. The lowest BCUT2D eigenvalue weighted by atomic mass is 9.95. The zero-order chi connectivity index (χ0) is 17.0. The molecule has 1 atom stereocenters. The van der Waals surface area contributed by atoms with Gasteiger partial charge in [-0.3, -0.25) is 4.79 Å². The minimum Gasteiger partial charge on any atom is -0.346 e. The van der Waals surface area contributed by atoms with Gasteiger partial charge in [-0.25, -0.2) is 4.98 Å². The molecule has 1 aromatic carbocycles. The van der Waals surface area contributed by atoms with Gasteiger partial charge in [0, 0.05) is 12.0 Å². The third-order valence-electron chi connectivity index (χ3n) is 4.09. The number of carbonyl (C=O) groups is 1. The molecule has 0 bridgehead atoms. The van der Waals surface area contributed by atoms with Crippen molar-refractivity contribution in [3.63, 3.8) is 0 Å². The normalized spacial score (nSPS) is 13.3. The van der Waals surface area contributed by atoms with E-state index in [4.69, 9.17) is 4.98 Å². The second kappa shape index (κ2) is 7.16. The quantitative estimate of drug-likeness (QED) is 0.801. The van der Waals surface area contributed by atoms with Gasteiger partial charge in [-0.2, -0.15) is 0 Å². The van der Waals surface area contributed by atoms with Gasteiger partial charge in [0.1, 0.15) is 5.82 Å². The maximum Gasteiger partial charge on any atom is 0.225 e. The first-order chi connectivity index (χ1) is 10.8. The van der Waals surface area contributed by atoms with E-state index in [9.17, 15) is 4.79 Å². The van der Waals surface area contributed by atoms with E-state index in [1.165, 1.54) is 12.8 Å². The molecule has 0 radical (unpaired) electrons. The molecule has 0 unspecified atom stereocenters. The highest BCUT2D eigenvalue weighted by Crippen LogP contribution is 2.23. The van der Waals surface area contributed by atoms with Crippen LogP contribution in [0.2, 0.25) is 0 Å². The van der Waals surface area contributed by atoms with E-state index in [0.717, 1.165) is 29.8 Å². The van der Waals surface area contributed by atoms with E-state index in [0.29, 0.717) is 0 Å². The summed E-state index contributed by atoms with van der Waals surface area (Å²) in [6.45, 7) is 11.0. The Morgan fingerprint density at radius 1 is 1.26 bits per heavy atom. The number of carbonyl (C=O) groups excluding carboxylic acids is 1. The Labute approximate surface area is 139 Å². The van der Waals surface area contributed by atoms with E-state index in [2.05, 4.69) is 22.9 Å². The Hall–Kier alpha value is -1.84. The second-order valence-electron chi connectivity index (χ2n) is 7.26. The van der Waals surface area contributed by atoms with Crippen molar-refractivity contribution in [3.05, 3.63) is 30.1 Å². The molecule has 4 nitrogen and oxygen atoms in total. The van der Waals surface area contributed by atoms with Gasteiger partial charge in [-0.05, 0) is 25.5 Å². The van der Waals surface area contributed by atoms with Crippen LogP contribution in [0.15, 0.2) is 24.3 Å². The summed E-state index contributed by atoms with van der Waals surface area (Å²) < 4.78 is 2.26. The number of amides is 1. The summed E-state index contributed by atoms with van der Waals surface area (Å²) in [5.74, 6) is 0.997. The van der Waals surface area contributed by atoms with Gasteiger partial charge in [-0.15, -0.1) is 0 Å². The molecule has 1 heterocycles. The molecule has 2 rings (SSSR count). The van der Waals surface area contributed by atoms with E-state index in [-0.39, 0.29) is 11.9 Å². The SMILES string of the molecule is CCCCCn1c([C@H](C)NC(=O)C(C)(C)C)nc2ccccc21. The van der Waals surface area contributed by atoms with Crippen LogP contribution in [0.5, 0.6) is 0 Å². The van der Waals surface area contributed by atoms with Crippen LogP contribution in [0.4, 0.5) is 0 Å². The van der Waals surface area contributed by atoms with E-state index in [1.807, 2.05) is 45.9 Å². The monoisotopic (exact) mass is 315 g/mol. The van der Waals surface area contributed by atoms with Crippen molar-refractivity contribution in [1.82, 2.24) is 14.9 Å². The number of hydrogen-bond donors (Lipinski definition) is 1. The third kappa shape index (κ3) is 4.12. The van der Waals surface area contributed by atoms with Crippen LogP contribution in [0.25, 0.3) is 11.0 Å². The molecule has 4 heteroatoms. The molecule has 23 heavy (non-hydrogen) atoms. The molecular weight excluding hydrogens is 286 g/mol. The summed E-state index contributed by atoms with van der Waals surface area (Å²) in [4.78, 5) is 17.1. The van der Waals surface area contributed by atoms with Gasteiger partial charge >= 0.3 is 0 Å². The summed E-state index contributed by atoms with van der Waals surface area (Å²) >= 11 is 0. The summed E-state index contributed by atoms with van der Waals surface area (Å²) in [6.07, 6.45) is 3.52. The standard InChI is InChI=1S/C19H29N3O/c1-6-7-10-13-22-16-12-9-8-11-15(16)21-17(22)14(2)20-18(23)19(3,4)5/h8-9,11-12,14H,6-7,10,13H2,1-5H3,(H,20,23)/t14-/m0/s1. The zero-order valence-electron chi connectivity index (χ0n) is 15.0. The maximum atomic E-state index is 12.3. The van der Waals surface area contributed by atoms with Crippen molar-refractivity contribution >= 4 is 16.9 Å². The lowest BCUT2D eigenvalue weighted by Crippen LogP contribution is -2.37. The minimum absolute atomic E-state index is 0.0529. The maximum absolute atomic E-state index is 12.3. The van der Waals surface area contributed by atoms with Crippen LogP contribution >= 0.6 is 0 Å². The predicted octanol–water partition coefficient (Wildman–Crippen LogP) is 4.45. The number of nitrogens with one attached hydrogen (secondary N) is 1. The van der Waals surface area contributed by atoms with Crippen molar-refractivity contribution < 1.29 is 4.79 Å². The number of rotatable bonds is 6. The Kier molecular flexibility index (Phi) is 5.45.